The number of hydrogen-bond donors (Lipinski definition) is 2. The molecule has 0 saturated heterocycles. The van der Waals surface area contributed by atoms with Crippen molar-refractivity contribution in [2.24, 2.45) is 0 Å². The fourth-order valence-corrected chi connectivity index (χ4v) is 4.67. The summed E-state index contributed by atoms with van der Waals surface area (Å²) in [6, 6.07) is 10.4. The van der Waals surface area contributed by atoms with Crippen molar-refractivity contribution in [3.8, 4) is 17.2 Å². The maximum absolute atomic E-state index is 13.4. The first-order chi connectivity index (χ1) is 16.3. The predicted octanol–water partition coefficient (Wildman–Crippen LogP) is 4.77. The van der Waals surface area contributed by atoms with Gasteiger partial charge in [0.25, 0.3) is 0 Å². The second-order valence-electron chi connectivity index (χ2n) is 8.24. The summed E-state index contributed by atoms with van der Waals surface area (Å²) in [5.74, 6) is -0.600. The van der Waals surface area contributed by atoms with E-state index in [2.05, 4.69) is 5.32 Å². The van der Waals surface area contributed by atoms with E-state index < -0.39 is 11.9 Å². The number of aromatic hydroxyl groups is 1. The fraction of sp³-hybridized carbons (Fsp3) is 0.308. The Morgan fingerprint density at radius 2 is 1.88 bits per heavy atom. The van der Waals surface area contributed by atoms with Crippen LogP contribution in [-0.4, -0.2) is 31.1 Å². The number of rotatable bonds is 6. The molecule has 8 heteroatoms. The van der Waals surface area contributed by atoms with Gasteiger partial charge >= 0.3 is 5.97 Å². The van der Waals surface area contributed by atoms with Crippen LogP contribution >= 0.6 is 11.6 Å². The van der Waals surface area contributed by atoms with Gasteiger partial charge in [-0.15, -0.1) is 0 Å². The lowest BCUT2D eigenvalue weighted by Gasteiger charge is -2.34. The molecule has 0 spiro atoms. The highest BCUT2D eigenvalue weighted by Crippen LogP contribution is 2.46. The molecule has 0 fully saturated rings. The zero-order valence-corrected chi connectivity index (χ0v) is 20.0. The molecule has 0 amide bonds. The molecule has 2 N–H and O–H groups in total. The van der Waals surface area contributed by atoms with Crippen LogP contribution in [0.4, 0.5) is 0 Å². The number of phenols is 1. The highest BCUT2D eigenvalue weighted by molar-refractivity contribution is 6.32. The summed E-state index contributed by atoms with van der Waals surface area (Å²) in [6.45, 7) is 1.85. The number of halogens is 1. The number of dihydropyridines is 1. The van der Waals surface area contributed by atoms with Crippen LogP contribution in [0.15, 0.2) is 58.9 Å². The standard InChI is InChI=1S/C26H26ClNO6/c1-14-22(26(31)34-13-15-7-9-17(32-2)10-8-15)23(24-19(28-14)5-4-6-20(24)29)16-11-18(27)25(30)21(12-16)33-3/h7-12,23,28,30H,4-6,13H2,1-3H3/t23-/m0/s1. The van der Waals surface area contributed by atoms with E-state index >= 15 is 0 Å². The lowest BCUT2D eigenvalue weighted by atomic mass is 9.75. The SMILES string of the molecule is COc1ccc(COC(=O)C2=C(C)NC3=C(C(=O)CCC3)[C@H]2c2cc(Cl)c(O)c(OC)c2)cc1. The van der Waals surface area contributed by atoms with Crippen LogP contribution in [0, 0.1) is 0 Å². The molecule has 2 aromatic rings. The van der Waals surface area contributed by atoms with Crippen molar-refractivity contribution >= 4 is 23.4 Å². The smallest absolute Gasteiger partial charge is 0.337 e. The number of phenolic OH excluding ortho intramolecular Hbond substituents is 1. The highest BCUT2D eigenvalue weighted by atomic mass is 35.5. The molecule has 0 radical (unpaired) electrons. The maximum Gasteiger partial charge on any atom is 0.337 e. The van der Waals surface area contributed by atoms with Crippen LogP contribution in [0.3, 0.4) is 0 Å². The fourth-order valence-electron chi connectivity index (χ4n) is 4.45. The number of allylic oxidation sites excluding steroid dienone is 3. The molecule has 1 aliphatic heterocycles. The summed E-state index contributed by atoms with van der Waals surface area (Å²) in [5.41, 5.74) is 3.63. The van der Waals surface area contributed by atoms with Gasteiger partial charge in [0.05, 0.1) is 24.8 Å². The van der Waals surface area contributed by atoms with Crippen LogP contribution in [0.25, 0.3) is 0 Å². The van der Waals surface area contributed by atoms with Crippen LogP contribution in [0.2, 0.25) is 5.02 Å². The molecule has 4 rings (SSSR count). The van der Waals surface area contributed by atoms with Gasteiger partial charge in [-0.05, 0) is 55.2 Å². The molecule has 2 aliphatic rings. The number of hydrogen-bond acceptors (Lipinski definition) is 7. The molecule has 0 saturated carbocycles. The van der Waals surface area contributed by atoms with Crippen molar-refractivity contribution in [3.05, 3.63) is 75.1 Å². The van der Waals surface area contributed by atoms with Crippen molar-refractivity contribution < 1.29 is 28.9 Å². The molecule has 0 bridgehead atoms. The minimum Gasteiger partial charge on any atom is -0.503 e. The Labute approximate surface area is 203 Å². The molecule has 0 unspecified atom stereocenters. The second-order valence-corrected chi connectivity index (χ2v) is 8.65. The molecule has 34 heavy (non-hydrogen) atoms. The first-order valence-corrected chi connectivity index (χ1v) is 11.3. The van der Waals surface area contributed by atoms with E-state index in [-0.39, 0.29) is 28.9 Å². The van der Waals surface area contributed by atoms with Gasteiger partial charge in [0, 0.05) is 29.3 Å². The van der Waals surface area contributed by atoms with Gasteiger partial charge in [-0.3, -0.25) is 4.79 Å². The Morgan fingerprint density at radius 3 is 2.56 bits per heavy atom. The third-order valence-electron chi connectivity index (χ3n) is 6.13. The number of carbonyl (C=O) groups is 2. The van der Waals surface area contributed by atoms with Crippen LogP contribution in [0.1, 0.15) is 43.2 Å². The molecule has 1 atom stereocenters. The van der Waals surface area contributed by atoms with E-state index in [0.29, 0.717) is 41.0 Å². The van der Waals surface area contributed by atoms with Gasteiger partial charge in [0.1, 0.15) is 12.4 Å². The van der Waals surface area contributed by atoms with E-state index in [0.717, 1.165) is 17.7 Å². The maximum atomic E-state index is 13.4. The Kier molecular flexibility index (Phi) is 6.84. The number of Topliss-reactive ketones (excluding diaryl/α,β-unsaturated/α-hetero) is 1. The normalized spacial score (nSPS) is 17.8. The third-order valence-corrected chi connectivity index (χ3v) is 6.42. The molecule has 1 heterocycles. The first-order valence-electron chi connectivity index (χ1n) is 10.9. The summed E-state index contributed by atoms with van der Waals surface area (Å²) >= 11 is 6.27. The van der Waals surface area contributed by atoms with E-state index in [4.69, 9.17) is 25.8 Å². The number of nitrogens with one attached hydrogen (secondary N) is 1. The number of esters is 1. The highest BCUT2D eigenvalue weighted by Gasteiger charge is 2.39. The number of ether oxygens (including phenoxy) is 3. The van der Waals surface area contributed by atoms with Gasteiger partial charge in [0.15, 0.2) is 17.3 Å². The van der Waals surface area contributed by atoms with Gasteiger partial charge in [-0.1, -0.05) is 23.7 Å². The Bertz CT molecular complexity index is 1200. The van der Waals surface area contributed by atoms with Crippen molar-refractivity contribution in [2.75, 3.05) is 14.2 Å². The topological polar surface area (TPSA) is 94.1 Å². The summed E-state index contributed by atoms with van der Waals surface area (Å²) in [6.07, 6.45) is 1.83. The van der Waals surface area contributed by atoms with Gasteiger partial charge in [-0.25, -0.2) is 4.79 Å². The zero-order valence-electron chi connectivity index (χ0n) is 19.2. The summed E-state index contributed by atoms with van der Waals surface area (Å²) in [7, 11) is 3.00. The number of benzene rings is 2. The summed E-state index contributed by atoms with van der Waals surface area (Å²) in [5, 5.41) is 13.5. The average molecular weight is 484 g/mol. The predicted molar refractivity (Wildman–Crippen MR) is 127 cm³/mol. The summed E-state index contributed by atoms with van der Waals surface area (Å²) in [4.78, 5) is 26.4. The van der Waals surface area contributed by atoms with E-state index in [1.807, 2.05) is 12.1 Å². The Hall–Kier alpha value is -3.45. The minimum atomic E-state index is -0.695. The zero-order chi connectivity index (χ0) is 24.4. The van der Waals surface area contributed by atoms with Crippen molar-refractivity contribution in [3.63, 3.8) is 0 Å². The number of ketones is 1. The molecule has 2 aromatic carbocycles. The van der Waals surface area contributed by atoms with Gasteiger partial charge in [0.2, 0.25) is 0 Å². The van der Waals surface area contributed by atoms with E-state index in [1.165, 1.54) is 7.11 Å². The molecule has 7 nitrogen and oxygen atoms in total. The van der Waals surface area contributed by atoms with Crippen LogP contribution < -0.4 is 14.8 Å². The lowest BCUT2D eigenvalue weighted by Crippen LogP contribution is -2.34. The lowest BCUT2D eigenvalue weighted by molar-refractivity contribution is -0.140. The Balaban J connectivity index is 1.72. The monoisotopic (exact) mass is 483 g/mol. The Morgan fingerprint density at radius 1 is 1.15 bits per heavy atom. The molecular weight excluding hydrogens is 458 g/mol. The van der Waals surface area contributed by atoms with E-state index in [9.17, 15) is 14.7 Å². The van der Waals surface area contributed by atoms with Crippen LogP contribution in [0.5, 0.6) is 17.2 Å². The van der Waals surface area contributed by atoms with Gasteiger partial charge in [-0.2, -0.15) is 0 Å². The third kappa shape index (κ3) is 4.48. The van der Waals surface area contributed by atoms with Crippen molar-refractivity contribution in [2.45, 2.75) is 38.7 Å². The number of carbonyl (C=O) groups excluding carboxylic acids is 2. The number of methoxy groups -OCH3 is 2. The van der Waals surface area contributed by atoms with Gasteiger partial charge < -0.3 is 24.6 Å². The average Bonchev–Trinajstić information content (AvgIpc) is 2.83. The molecule has 1 aliphatic carbocycles. The minimum absolute atomic E-state index is 0.0325. The molecule has 178 valence electrons. The molecular formula is C26H26ClNO6. The van der Waals surface area contributed by atoms with Crippen LogP contribution in [-0.2, 0) is 20.9 Å². The summed E-state index contributed by atoms with van der Waals surface area (Å²) < 4.78 is 16.1. The largest absolute Gasteiger partial charge is 0.503 e. The first kappa shape index (κ1) is 23.7. The second kappa shape index (κ2) is 9.81. The van der Waals surface area contributed by atoms with Crippen molar-refractivity contribution in [1.82, 2.24) is 5.32 Å². The van der Waals surface area contributed by atoms with E-state index in [1.54, 1.807) is 38.3 Å². The molecule has 0 aromatic heterocycles. The quantitative estimate of drug-likeness (QED) is 0.571. The van der Waals surface area contributed by atoms with Crippen molar-refractivity contribution in [1.29, 1.82) is 0 Å².